The van der Waals surface area contributed by atoms with E-state index in [0.29, 0.717) is 6.10 Å². The van der Waals surface area contributed by atoms with E-state index in [2.05, 4.69) is 6.92 Å². The first-order valence-corrected chi connectivity index (χ1v) is 6.39. The Labute approximate surface area is 88.2 Å². The Hall–Kier alpha value is -0.0400. The monoisotopic (exact) mass is 196 g/mol. The quantitative estimate of drug-likeness (QED) is 0.655. The third-order valence-corrected chi connectivity index (χ3v) is 4.56. The lowest BCUT2D eigenvalue weighted by molar-refractivity contribution is -0.0604. The molecule has 0 radical (unpaired) electrons. The van der Waals surface area contributed by atoms with Crippen LogP contribution in [0.1, 0.15) is 51.9 Å². The number of ether oxygens (including phenoxy) is 1. The Kier molecular flexibility index (Phi) is 3.48. The molecule has 2 fully saturated rings. The molecule has 4 unspecified atom stereocenters. The maximum atomic E-state index is 5.76. The van der Waals surface area contributed by atoms with Gasteiger partial charge in [-0.3, -0.25) is 0 Å². The molecular formula is C13H24O. The Bertz CT molecular complexity index is 172. The summed E-state index contributed by atoms with van der Waals surface area (Å²) >= 11 is 0. The minimum Gasteiger partial charge on any atom is -0.381 e. The van der Waals surface area contributed by atoms with Gasteiger partial charge in [0.2, 0.25) is 0 Å². The lowest BCUT2D eigenvalue weighted by Gasteiger charge is -2.44. The largest absolute Gasteiger partial charge is 0.381 e. The number of rotatable bonds is 2. The smallest absolute Gasteiger partial charge is 0.0630 e. The minimum atomic E-state index is 0.582. The van der Waals surface area contributed by atoms with Crippen molar-refractivity contribution >= 4 is 0 Å². The van der Waals surface area contributed by atoms with Gasteiger partial charge in [-0.25, -0.2) is 0 Å². The molecule has 0 aromatic rings. The molecule has 14 heavy (non-hydrogen) atoms. The second-order valence-electron chi connectivity index (χ2n) is 5.15. The summed E-state index contributed by atoms with van der Waals surface area (Å²) in [7, 11) is 1.92. The number of hydrogen-bond donors (Lipinski definition) is 0. The molecule has 2 aliphatic carbocycles. The fourth-order valence-electron chi connectivity index (χ4n) is 3.77. The second-order valence-corrected chi connectivity index (χ2v) is 5.15. The van der Waals surface area contributed by atoms with Gasteiger partial charge in [-0.05, 0) is 37.0 Å². The lowest BCUT2D eigenvalue weighted by Crippen LogP contribution is -2.41. The van der Waals surface area contributed by atoms with Crippen molar-refractivity contribution in [2.24, 2.45) is 17.8 Å². The van der Waals surface area contributed by atoms with Crippen molar-refractivity contribution in [1.82, 2.24) is 0 Å². The van der Waals surface area contributed by atoms with E-state index in [9.17, 15) is 0 Å². The van der Waals surface area contributed by atoms with Crippen LogP contribution in [-0.4, -0.2) is 13.2 Å². The molecule has 0 spiro atoms. The molecule has 1 nitrogen and oxygen atoms in total. The Morgan fingerprint density at radius 2 is 1.86 bits per heavy atom. The van der Waals surface area contributed by atoms with E-state index >= 15 is 0 Å². The van der Waals surface area contributed by atoms with Crippen molar-refractivity contribution < 1.29 is 4.74 Å². The predicted molar refractivity (Wildman–Crippen MR) is 59.3 cm³/mol. The summed E-state index contributed by atoms with van der Waals surface area (Å²) in [4.78, 5) is 0. The SMILES string of the molecule is CCC1CCC2CCCCC2C1OC. The first-order valence-electron chi connectivity index (χ1n) is 6.39. The van der Waals surface area contributed by atoms with Gasteiger partial charge >= 0.3 is 0 Å². The summed E-state index contributed by atoms with van der Waals surface area (Å²) in [6, 6.07) is 0. The zero-order valence-electron chi connectivity index (χ0n) is 9.67. The molecule has 4 atom stereocenters. The molecule has 0 heterocycles. The number of methoxy groups -OCH3 is 1. The van der Waals surface area contributed by atoms with Gasteiger partial charge in [0.25, 0.3) is 0 Å². The van der Waals surface area contributed by atoms with Crippen LogP contribution in [0.3, 0.4) is 0 Å². The molecule has 0 saturated heterocycles. The first-order chi connectivity index (χ1) is 6.86. The maximum absolute atomic E-state index is 5.76. The van der Waals surface area contributed by atoms with E-state index in [-0.39, 0.29) is 0 Å². The fraction of sp³-hybridized carbons (Fsp3) is 1.00. The highest BCUT2D eigenvalue weighted by atomic mass is 16.5. The molecular weight excluding hydrogens is 172 g/mol. The minimum absolute atomic E-state index is 0.582. The highest BCUT2D eigenvalue weighted by Gasteiger charge is 2.39. The average Bonchev–Trinajstić information content (AvgIpc) is 2.27. The van der Waals surface area contributed by atoms with E-state index in [0.717, 1.165) is 17.8 Å². The van der Waals surface area contributed by atoms with Crippen molar-refractivity contribution in [2.45, 2.75) is 58.0 Å². The van der Waals surface area contributed by atoms with Crippen LogP contribution in [0, 0.1) is 17.8 Å². The Balaban J connectivity index is 2.04. The molecule has 2 rings (SSSR count). The van der Waals surface area contributed by atoms with E-state index in [1.165, 1.54) is 44.9 Å². The van der Waals surface area contributed by atoms with Gasteiger partial charge in [0.05, 0.1) is 6.10 Å². The van der Waals surface area contributed by atoms with Gasteiger partial charge in [0.15, 0.2) is 0 Å². The molecule has 0 N–H and O–H groups in total. The molecule has 0 amide bonds. The number of fused-ring (bicyclic) bond motifs is 1. The van der Waals surface area contributed by atoms with Gasteiger partial charge in [-0.1, -0.05) is 32.6 Å². The zero-order chi connectivity index (χ0) is 9.97. The van der Waals surface area contributed by atoms with Gasteiger partial charge in [-0.2, -0.15) is 0 Å². The molecule has 0 aromatic heterocycles. The van der Waals surface area contributed by atoms with E-state index in [1.54, 1.807) is 0 Å². The summed E-state index contributed by atoms with van der Waals surface area (Å²) in [6.45, 7) is 2.32. The third kappa shape index (κ3) is 1.84. The van der Waals surface area contributed by atoms with Gasteiger partial charge < -0.3 is 4.74 Å². The molecule has 1 heteroatoms. The van der Waals surface area contributed by atoms with Crippen molar-refractivity contribution in [3.8, 4) is 0 Å². The maximum Gasteiger partial charge on any atom is 0.0630 e. The normalized spacial score (nSPS) is 43.3. The summed E-state index contributed by atoms with van der Waals surface area (Å²) in [5.74, 6) is 2.74. The number of hydrogen-bond acceptors (Lipinski definition) is 1. The first kappa shape index (κ1) is 10.5. The lowest BCUT2D eigenvalue weighted by atomic mass is 9.65. The highest BCUT2D eigenvalue weighted by Crippen LogP contribution is 2.44. The van der Waals surface area contributed by atoms with Crippen LogP contribution in [-0.2, 0) is 4.74 Å². The van der Waals surface area contributed by atoms with Crippen LogP contribution in [0.4, 0.5) is 0 Å². The van der Waals surface area contributed by atoms with Crippen LogP contribution >= 0.6 is 0 Å². The van der Waals surface area contributed by atoms with Crippen molar-refractivity contribution in [2.75, 3.05) is 7.11 Å². The summed E-state index contributed by atoms with van der Waals surface area (Å²) < 4.78 is 5.76. The molecule has 2 aliphatic rings. The van der Waals surface area contributed by atoms with Gasteiger partial charge in [0, 0.05) is 7.11 Å². The average molecular weight is 196 g/mol. The standard InChI is InChI=1S/C13H24O/c1-3-10-8-9-11-6-4-5-7-12(11)13(10)14-2/h10-13H,3-9H2,1-2H3. The van der Waals surface area contributed by atoms with E-state index in [1.807, 2.05) is 7.11 Å². The Morgan fingerprint density at radius 1 is 1.07 bits per heavy atom. The summed E-state index contributed by atoms with van der Waals surface area (Å²) in [5, 5.41) is 0. The van der Waals surface area contributed by atoms with E-state index in [4.69, 9.17) is 4.74 Å². The highest BCUT2D eigenvalue weighted by molar-refractivity contribution is 4.89. The van der Waals surface area contributed by atoms with Crippen LogP contribution in [0.2, 0.25) is 0 Å². The third-order valence-electron chi connectivity index (χ3n) is 4.56. The van der Waals surface area contributed by atoms with Gasteiger partial charge in [0.1, 0.15) is 0 Å². The zero-order valence-corrected chi connectivity index (χ0v) is 9.67. The topological polar surface area (TPSA) is 9.23 Å². The van der Waals surface area contributed by atoms with Crippen molar-refractivity contribution in [1.29, 1.82) is 0 Å². The van der Waals surface area contributed by atoms with Crippen molar-refractivity contribution in [3.63, 3.8) is 0 Å². The molecule has 2 saturated carbocycles. The second kappa shape index (κ2) is 4.65. The van der Waals surface area contributed by atoms with Crippen LogP contribution in [0.25, 0.3) is 0 Å². The summed E-state index contributed by atoms with van der Waals surface area (Å²) in [6.07, 6.45) is 10.6. The molecule has 0 aromatic carbocycles. The Morgan fingerprint density at radius 3 is 2.57 bits per heavy atom. The summed E-state index contributed by atoms with van der Waals surface area (Å²) in [5.41, 5.74) is 0. The van der Waals surface area contributed by atoms with E-state index < -0.39 is 0 Å². The van der Waals surface area contributed by atoms with Crippen LogP contribution in [0.5, 0.6) is 0 Å². The fourth-order valence-corrected chi connectivity index (χ4v) is 3.77. The van der Waals surface area contributed by atoms with Gasteiger partial charge in [-0.15, -0.1) is 0 Å². The van der Waals surface area contributed by atoms with Crippen molar-refractivity contribution in [3.05, 3.63) is 0 Å². The van der Waals surface area contributed by atoms with Crippen LogP contribution in [0.15, 0.2) is 0 Å². The predicted octanol–water partition coefficient (Wildman–Crippen LogP) is 3.63. The molecule has 0 bridgehead atoms. The van der Waals surface area contributed by atoms with Crippen LogP contribution < -0.4 is 0 Å². The molecule has 0 aliphatic heterocycles. The molecule has 82 valence electrons.